The molecule has 2 rings (SSSR count). The summed E-state index contributed by atoms with van der Waals surface area (Å²) in [6.45, 7) is 18.9. The van der Waals surface area contributed by atoms with Gasteiger partial charge in [0.2, 0.25) is 5.91 Å². The van der Waals surface area contributed by atoms with Gasteiger partial charge in [-0.3, -0.25) is 14.6 Å². The van der Waals surface area contributed by atoms with E-state index in [0.29, 0.717) is 24.4 Å². The molecule has 0 radical (unpaired) electrons. The molecular weight excluding hydrogens is 300 g/mol. The number of rotatable bonds is 5. The number of hydrogen-bond donors (Lipinski definition) is 1. The molecule has 2 heterocycles. The normalized spacial score (nSPS) is 22.1. The Bertz CT molecular complexity index is 391. The summed E-state index contributed by atoms with van der Waals surface area (Å²) in [7, 11) is 0. The van der Waals surface area contributed by atoms with Gasteiger partial charge in [0.25, 0.3) is 0 Å². The first-order chi connectivity index (χ1) is 11.3. The van der Waals surface area contributed by atoms with Crippen molar-refractivity contribution >= 4 is 5.91 Å². The molecule has 0 aromatic carbocycles. The monoisotopic (exact) mass is 338 g/mol. The molecule has 2 fully saturated rings. The predicted octanol–water partition coefficient (Wildman–Crippen LogP) is 1.64. The number of amides is 1. The molecule has 5 nitrogen and oxygen atoms in total. The van der Waals surface area contributed by atoms with Crippen LogP contribution in [0.5, 0.6) is 0 Å². The topological polar surface area (TPSA) is 38.8 Å². The average molecular weight is 339 g/mol. The Morgan fingerprint density at radius 3 is 2.21 bits per heavy atom. The zero-order valence-electron chi connectivity index (χ0n) is 16.5. The highest BCUT2D eigenvalue weighted by Crippen LogP contribution is 2.18. The van der Waals surface area contributed by atoms with Gasteiger partial charge in [-0.05, 0) is 52.6 Å². The van der Waals surface area contributed by atoms with E-state index in [-0.39, 0.29) is 5.54 Å². The molecule has 0 saturated carbocycles. The Balaban J connectivity index is 1.88. The third-order valence-corrected chi connectivity index (χ3v) is 5.31. The number of carbonyl (C=O) groups excluding carboxylic acids is 1. The number of piperazine rings is 1. The van der Waals surface area contributed by atoms with Crippen molar-refractivity contribution in [3.8, 4) is 0 Å². The number of hydrogen-bond acceptors (Lipinski definition) is 4. The second-order valence-electron chi connectivity index (χ2n) is 8.86. The van der Waals surface area contributed by atoms with E-state index in [1.807, 2.05) is 0 Å². The third kappa shape index (κ3) is 5.71. The number of carbonyl (C=O) groups is 1. The van der Waals surface area contributed by atoms with Gasteiger partial charge >= 0.3 is 0 Å². The third-order valence-electron chi connectivity index (χ3n) is 5.31. The van der Waals surface area contributed by atoms with Crippen molar-refractivity contribution in [1.82, 2.24) is 20.0 Å². The van der Waals surface area contributed by atoms with E-state index >= 15 is 0 Å². The number of nitrogens with zero attached hydrogens (tertiary/aromatic N) is 3. The van der Waals surface area contributed by atoms with E-state index in [2.05, 4.69) is 54.6 Å². The minimum atomic E-state index is 0.231. The molecule has 0 spiro atoms. The first-order valence-corrected chi connectivity index (χ1v) is 9.75. The van der Waals surface area contributed by atoms with Crippen LogP contribution in [-0.2, 0) is 4.79 Å². The van der Waals surface area contributed by atoms with E-state index in [0.717, 1.165) is 58.7 Å². The molecule has 24 heavy (non-hydrogen) atoms. The fourth-order valence-electron chi connectivity index (χ4n) is 3.83. The molecule has 0 atom stereocenters. The van der Waals surface area contributed by atoms with Crippen LogP contribution in [0, 0.1) is 5.92 Å². The van der Waals surface area contributed by atoms with Crippen molar-refractivity contribution in [1.29, 1.82) is 0 Å². The first kappa shape index (κ1) is 19.7. The zero-order valence-corrected chi connectivity index (χ0v) is 16.5. The fourth-order valence-corrected chi connectivity index (χ4v) is 3.83. The highest BCUT2D eigenvalue weighted by atomic mass is 16.2. The Morgan fingerprint density at radius 1 is 1.12 bits per heavy atom. The summed E-state index contributed by atoms with van der Waals surface area (Å²) in [6, 6.07) is 0.428. The van der Waals surface area contributed by atoms with Crippen LogP contribution in [0.3, 0.4) is 0 Å². The molecular formula is C19H38N4O. The SMILES string of the molecule is CC(C)CN(C(=O)CN1CCN(C(C)(C)C)CC1)C1CCNCC1. The van der Waals surface area contributed by atoms with Gasteiger partial charge in [-0.25, -0.2) is 0 Å². The molecule has 2 aliphatic rings. The summed E-state index contributed by atoms with van der Waals surface area (Å²) in [5, 5.41) is 3.41. The highest BCUT2D eigenvalue weighted by molar-refractivity contribution is 5.78. The lowest BCUT2D eigenvalue weighted by atomic mass is 10.0. The van der Waals surface area contributed by atoms with E-state index < -0.39 is 0 Å². The van der Waals surface area contributed by atoms with Gasteiger partial charge in [0.05, 0.1) is 6.54 Å². The number of piperidine rings is 1. The van der Waals surface area contributed by atoms with Gasteiger partial charge in [0.1, 0.15) is 0 Å². The fraction of sp³-hybridized carbons (Fsp3) is 0.947. The smallest absolute Gasteiger partial charge is 0.237 e. The molecule has 0 aromatic rings. The maximum absolute atomic E-state index is 13.0. The van der Waals surface area contributed by atoms with Crippen LogP contribution >= 0.6 is 0 Å². The van der Waals surface area contributed by atoms with Gasteiger partial charge < -0.3 is 10.2 Å². The van der Waals surface area contributed by atoms with Crippen molar-refractivity contribution in [3.05, 3.63) is 0 Å². The van der Waals surface area contributed by atoms with Crippen LogP contribution in [-0.4, -0.2) is 84.5 Å². The summed E-state index contributed by atoms with van der Waals surface area (Å²) >= 11 is 0. The highest BCUT2D eigenvalue weighted by Gasteiger charge is 2.30. The van der Waals surface area contributed by atoms with Gasteiger partial charge in [-0.1, -0.05) is 13.8 Å². The van der Waals surface area contributed by atoms with Crippen molar-refractivity contribution in [2.75, 3.05) is 52.4 Å². The minimum Gasteiger partial charge on any atom is -0.338 e. The maximum Gasteiger partial charge on any atom is 0.237 e. The van der Waals surface area contributed by atoms with Crippen molar-refractivity contribution in [2.24, 2.45) is 5.92 Å². The van der Waals surface area contributed by atoms with Crippen LogP contribution in [0.4, 0.5) is 0 Å². The zero-order chi connectivity index (χ0) is 17.7. The maximum atomic E-state index is 13.0. The van der Waals surface area contributed by atoms with Crippen molar-refractivity contribution < 1.29 is 4.79 Å². The molecule has 2 aliphatic heterocycles. The molecule has 1 N–H and O–H groups in total. The average Bonchev–Trinajstić information content (AvgIpc) is 2.53. The lowest BCUT2D eigenvalue weighted by molar-refractivity contribution is -0.136. The van der Waals surface area contributed by atoms with Crippen LogP contribution in [0.15, 0.2) is 0 Å². The summed E-state index contributed by atoms with van der Waals surface area (Å²) < 4.78 is 0. The summed E-state index contributed by atoms with van der Waals surface area (Å²) in [5.41, 5.74) is 0.231. The lowest BCUT2D eigenvalue weighted by Crippen LogP contribution is -2.56. The molecule has 1 amide bonds. The summed E-state index contributed by atoms with van der Waals surface area (Å²) in [4.78, 5) is 20.0. The Labute approximate surface area is 148 Å². The molecule has 0 unspecified atom stereocenters. The van der Waals surface area contributed by atoms with E-state index in [1.165, 1.54) is 0 Å². The largest absolute Gasteiger partial charge is 0.338 e. The van der Waals surface area contributed by atoms with Crippen LogP contribution < -0.4 is 5.32 Å². The van der Waals surface area contributed by atoms with Gasteiger partial charge in [-0.2, -0.15) is 0 Å². The molecule has 0 bridgehead atoms. The molecule has 0 aromatic heterocycles. The Kier molecular flexibility index (Phi) is 7.08. The van der Waals surface area contributed by atoms with Crippen molar-refractivity contribution in [2.45, 2.75) is 59.0 Å². The minimum absolute atomic E-state index is 0.231. The Morgan fingerprint density at radius 2 is 1.71 bits per heavy atom. The molecule has 2 saturated heterocycles. The van der Waals surface area contributed by atoms with Crippen LogP contribution in [0.1, 0.15) is 47.5 Å². The van der Waals surface area contributed by atoms with E-state index in [9.17, 15) is 4.79 Å². The van der Waals surface area contributed by atoms with E-state index in [1.54, 1.807) is 0 Å². The second-order valence-corrected chi connectivity index (χ2v) is 8.86. The standard InChI is InChI=1S/C19H38N4O/c1-16(2)14-23(17-6-8-20-9-7-17)18(24)15-21-10-12-22(13-11-21)19(3,4)5/h16-17,20H,6-15H2,1-5H3. The van der Waals surface area contributed by atoms with Crippen LogP contribution in [0.25, 0.3) is 0 Å². The summed E-state index contributed by atoms with van der Waals surface area (Å²) in [6.07, 6.45) is 2.19. The lowest BCUT2D eigenvalue weighted by Gasteiger charge is -2.43. The van der Waals surface area contributed by atoms with E-state index in [4.69, 9.17) is 0 Å². The first-order valence-electron chi connectivity index (χ1n) is 9.75. The quantitative estimate of drug-likeness (QED) is 0.827. The van der Waals surface area contributed by atoms with Gasteiger partial charge in [0.15, 0.2) is 0 Å². The Hall–Kier alpha value is -0.650. The van der Waals surface area contributed by atoms with Gasteiger partial charge in [-0.15, -0.1) is 0 Å². The molecule has 0 aliphatic carbocycles. The van der Waals surface area contributed by atoms with Gasteiger partial charge in [0, 0.05) is 44.3 Å². The van der Waals surface area contributed by atoms with Crippen molar-refractivity contribution in [3.63, 3.8) is 0 Å². The molecule has 140 valence electrons. The number of nitrogens with one attached hydrogen (secondary N) is 1. The molecule has 5 heteroatoms. The second kappa shape index (κ2) is 8.63. The predicted molar refractivity (Wildman–Crippen MR) is 100 cm³/mol. The summed E-state index contributed by atoms with van der Waals surface area (Å²) in [5.74, 6) is 0.862. The van der Waals surface area contributed by atoms with Crippen LogP contribution in [0.2, 0.25) is 0 Å².